The molecule has 1 N–H and O–H groups in total. The molecule has 0 atom stereocenters. The first kappa shape index (κ1) is 25.9. The third kappa shape index (κ3) is 5.49. The Hall–Kier alpha value is -4.18. The number of aromatic nitrogens is 2. The minimum atomic E-state index is -4.53. The Bertz CT molecular complexity index is 1660. The maximum atomic E-state index is 13.5. The second kappa shape index (κ2) is 10.1. The Kier molecular flexibility index (Phi) is 7.04. The Labute approximate surface area is 212 Å². The van der Waals surface area contributed by atoms with Crippen molar-refractivity contribution in [1.29, 1.82) is 0 Å². The summed E-state index contributed by atoms with van der Waals surface area (Å²) in [5, 5.41) is 2.82. The summed E-state index contributed by atoms with van der Waals surface area (Å²) in [6.07, 6.45) is -4.53. The van der Waals surface area contributed by atoms with Gasteiger partial charge in [0.2, 0.25) is 5.91 Å². The van der Waals surface area contributed by atoms with Crippen LogP contribution in [0.4, 0.5) is 13.2 Å². The van der Waals surface area contributed by atoms with E-state index in [-0.39, 0.29) is 45.1 Å². The van der Waals surface area contributed by atoms with Gasteiger partial charge in [0, 0.05) is 17.1 Å². The number of rotatable bonds is 6. The highest BCUT2D eigenvalue weighted by atomic mass is 35.5. The van der Waals surface area contributed by atoms with Crippen molar-refractivity contribution >= 4 is 34.2 Å². The number of amides is 1. The van der Waals surface area contributed by atoms with Crippen molar-refractivity contribution in [3.63, 3.8) is 0 Å². The van der Waals surface area contributed by atoms with Gasteiger partial charge in [-0.25, -0.2) is 9.36 Å². The molecule has 0 fully saturated rings. The van der Waals surface area contributed by atoms with Gasteiger partial charge in [0.1, 0.15) is 6.54 Å². The zero-order valence-corrected chi connectivity index (χ0v) is 20.1. The fourth-order valence-corrected chi connectivity index (χ4v) is 4.01. The lowest BCUT2D eigenvalue weighted by atomic mass is 10.1. The van der Waals surface area contributed by atoms with Crippen LogP contribution < -0.4 is 16.6 Å². The van der Waals surface area contributed by atoms with E-state index >= 15 is 0 Å². The molecule has 11 heteroatoms. The van der Waals surface area contributed by atoms with Gasteiger partial charge in [-0.1, -0.05) is 35.9 Å². The van der Waals surface area contributed by atoms with Crippen LogP contribution in [0.2, 0.25) is 5.02 Å². The second-order valence-corrected chi connectivity index (χ2v) is 8.69. The highest BCUT2D eigenvalue weighted by Crippen LogP contribution is 2.29. The Morgan fingerprint density at radius 2 is 1.70 bits per heavy atom. The molecule has 37 heavy (non-hydrogen) atoms. The number of hydrogen-bond donors (Lipinski definition) is 1. The van der Waals surface area contributed by atoms with E-state index in [0.29, 0.717) is 0 Å². The number of benzene rings is 3. The lowest BCUT2D eigenvalue weighted by molar-refractivity contribution is -0.137. The van der Waals surface area contributed by atoms with Crippen LogP contribution in [0.25, 0.3) is 16.6 Å². The van der Waals surface area contributed by atoms with Crippen LogP contribution in [-0.4, -0.2) is 20.8 Å². The summed E-state index contributed by atoms with van der Waals surface area (Å²) in [6, 6.07) is 14.7. The van der Waals surface area contributed by atoms with E-state index in [4.69, 9.17) is 11.6 Å². The fraction of sp³-hybridized carbons (Fsp3) is 0.154. The van der Waals surface area contributed by atoms with Crippen LogP contribution >= 0.6 is 11.6 Å². The molecule has 0 bridgehead atoms. The van der Waals surface area contributed by atoms with Crippen LogP contribution in [0.3, 0.4) is 0 Å². The molecular formula is C26H19ClF3N3O4. The molecular weight excluding hydrogens is 511 g/mol. The molecule has 0 aliphatic heterocycles. The summed E-state index contributed by atoms with van der Waals surface area (Å²) in [4.78, 5) is 51.3. The van der Waals surface area contributed by atoms with E-state index < -0.39 is 35.4 Å². The van der Waals surface area contributed by atoms with Crippen molar-refractivity contribution in [3.05, 3.63) is 109 Å². The topological polar surface area (TPSA) is 90.2 Å². The normalized spacial score (nSPS) is 11.5. The number of hydrogen-bond acceptors (Lipinski definition) is 4. The summed E-state index contributed by atoms with van der Waals surface area (Å²) < 4.78 is 40.8. The van der Waals surface area contributed by atoms with Gasteiger partial charge in [0.05, 0.1) is 22.2 Å². The second-order valence-electron chi connectivity index (χ2n) is 8.25. The zero-order chi connectivity index (χ0) is 26.9. The van der Waals surface area contributed by atoms with Crippen LogP contribution in [0, 0.1) is 0 Å². The average Bonchev–Trinajstić information content (AvgIpc) is 2.85. The van der Waals surface area contributed by atoms with Gasteiger partial charge in [0.25, 0.3) is 5.56 Å². The quantitative estimate of drug-likeness (QED) is 0.376. The van der Waals surface area contributed by atoms with E-state index in [2.05, 4.69) is 5.32 Å². The predicted molar refractivity (Wildman–Crippen MR) is 132 cm³/mol. The number of nitrogens with one attached hydrogen (secondary N) is 1. The van der Waals surface area contributed by atoms with Crippen molar-refractivity contribution < 1.29 is 22.8 Å². The Morgan fingerprint density at radius 3 is 2.41 bits per heavy atom. The third-order valence-corrected chi connectivity index (χ3v) is 5.90. The van der Waals surface area contributed by atoms with Gasteiger partial charge in [-0.3, -0.25) is 19.0 Å². The van der Waals surface area contributed by atoms with E-state index in [1.807, 2.05) is 0 Å². The van der Waals surface area contributed by atoms with Crippen LogP contribution in [0.15, 0.2) is 76.3 Å². The lowest BCUT2D eigenvalue weighted by Crippen LogP contribution is -2.41. The van der Waals surface area contributed by atoms with E-state index in [0.717, 1.165) is 21.3 Å². The molecule has 7 nitrogen and oxygen atoms in total. The minimum Gasteiger partial charge on any atom is -0.350 e. The molecule has 0 spiro atoms. The summed E-state index contributed by atoms with van der Waals surface area (Å²) in [7, 11) is 0. The number of halogens is 4. The monoisotopic (exact) mass is 529 g/mol. The molecule has 1 amide bonds. The molecule has 190 valence electrons. The number of ketones is 1. The van der Waals surface area contributed by atoms with Crippen molar-refractivity contribution in [2.45, 2.75) is 26.2 Å². The lowest BCUT2D eigenvalue weighted by Gasteiger charge is -2.15. The summed E-state index contributed by atoms with van der Waals surface area (Å²) in [5.41, 5.74) is -1.63. The van der Waals surface area contributed by atoms with E-state index in [1.165, 1.54) is 61.5 Å². The third-order valence-electron chi connectivity index (χ3n) is 5.66. The van der Waals surface area contributed by atoms with Gasteiger partial charge in [0.15, 0.2) is 5.78 Å². The molecule has 0 aliphatic rings. The first-order valence-electron chi connectivity index (χ1n) is 10.9. The highest BCUT2D eigenvalue weighted by Gasteiger charge is 2.30. The number of carbonyl (C=O) groups is 2. The zero-order valence-electron chi connectivity index (χ0n) is 19.3. The van der Waals surface area contributed by atoms with Gasteiger partial charge in [-0.2, -0.15) is 13.2 Å². The first-order valence-corrected chi connectivity index (χ1v) is 11.3. The number of alkyl halides is 3. The first-order chi connectivity index (χ1) is 17.5. The summed E-state index contributed by atoms with van der Waals surface area (Å²) in [6.45, 7) is 0.592. The molecule has 4 rings (SSSR count). The number of fused-ring (bicyclic) bond motifs is 1. The van der Waals surface area contributed by atoms with Crippen molar-refractivity contribution in [2.24, 2.45) is 0 Å². The maximum absolute atomic E-state index is 13.5. The predicted octanol–water partition coefficient (Wildman–Crippen LogP) is 4.34. The Morgan fingerprint density at radius 1 is 0.973 bits per heavy atom. The van der Waals surface area contributed by atoms with Crippen molar-refractivity contribution in [2.75, 3.05) is 0 Å². The smallest absolute Gasteiger partial charge is 0.350 e. The summed E-state index contributed by atoms with van der Waals surface area (Å²) >= 11 is 6.08. The molecule has 4 aromatic rings. The van der Waals surface area contributed by atoms with E-state index in [1.54, 1.807) is 0 Å². The van der Waals surface area contributed by atoms with Gasteiger partial charge < -0.3 is 5.32 Å². The van der Waals surface area contributed by atoms with Gasteiger partial charge in [-0.15, -0.1) is 0 Å². The molecule has 1 aromatic heterocycles. The molecule has 0 unspecified atom stereocenters. The van der Waals surface area contributed by atoms with Crippen LogP contribution in [-0.2, 0) is 24.1 Å². The number of nitrogens with zero attached hydrogens (tertiary/aromatic N) is 2. The molecule has 0 saturated heterocycles. The average molecular weight is 530 g/mol. The van der Waals surface area contributed by atoms with Crippen molar-refractivity contribution in [3.8, 4) is 5.69 Å². The minimum absolute atomic E-state index is 0.0999. The van der Waals surface area contributed by atoms with Gasteiger partial charge in [-0.05, 0) is 55.0 Å². The van der Waals surface area contributed by atoms with Gasteiger partial charge >= 0.3 is 11.9 Å². The SMILES string of the molecule is CC(=O)c1cccc(-n2c(=O)c3ccc(Cl)cc3n(CC(=O)NCc3cccc(C(F)(F)F)c3)c2=O)c1. The fourth-order valence-electron chi connectivity index (χ4n) is 3.84. The van der Waals surface area contributed by atoms with E-state index in [9.17, 15) is 32.3 Å². The largest absolute Gasteiger partial charge is 0.416 e. The standard InChI is InChI=1S/C26H19ClF3N3O4/c1-15(34)17-5-3-7-20(11-17)33-24(36)21-9-8-19(27)12-22(21)32(25(33)37)14-23(35)31-13-16-4-2-6-18(10-16)26(28,29)30/h2-12H,13-14H2,1H3,(H,31,35). The highest BCUT2D eigenvalue weighted by molar-refractivity contribution is 6.31. The number of Topliss-reactive ketones (excluding diaryl/α,β-unsaturated/α-hetero) is 1. The van der Waals surface area contributed by atoms with Crippen molar-refractivity contribution in [1.82, 2.24) is 14.5 Å². The van der Waals surface area contributed by atoms with Crippen LogP contribution in [0.5, 0.6) is 0 Å². The molecule has 3 aromatic carbocycles. The molecule has 0 saturated carbocycles. The molecule has 0 aliphatic carbocycles. The Balaban J connectivity index is 1.73. The van der Waals surface area contributed by atoms with Crippen LogP contribution in [0.1, 0.15) is 28.4 Å². The molecule has 1 heterocycles. The maximum Gasteiger partial charge on any atom is 0.416 e. The summed E-state index contributed by atoms with van der Waals surface area (Å²) in [5.74, 6) is -0.944. The molecule has 0 radical (unpaired) electrons. The number of carbonyl (C=O) groups excluding carboxylic acids is 2.